The summed E-state index contributed by atoms with van der Waals surface area (Å²) in [6, 6.07) is 7.78. The molecule has 2 rings (SSSR count). The summed E-state index contributed by atoms with van der Waals surface area (Å²) in [6.07, 6.45) is 2.03. The third-order valence-corrected chi connectivity index (χ3v) is 4.56. The maximum atomic E-state index is 10.9. The largest absolute Gasteiger partial charge is 0.492 e. The smallest absolute Gasteiger partial charge is 0.317 e. The lowest BCUT2D eigenvalue weighted by molar-refractivity contribution is -0.139. The molecule has 128 valence electrons. The van der Waals surface area contributed by atoms with Crippen molar-refractivity contribution in [1.29, 1.82) is 0 Å². The number of likely N-dealkylation sites (tertiary alicyclic amines) is 1. The van der Waals surface area contributed by atoms with Crippen molar-refractivity contribution in [2.24, 2.45) is 0 Å². The number of rotatable bonds is 8. The van der Waals surface area contributed by atoms with Gasteiger partial charge in [-0.05, 0) is 56.7 Å². The van der Waals surface area contributed by atoms with Crippen LogP contribution >= 0.6 is 11.6 Å². The van der Waals surface area contributed by atoms with E-state index in [1.807, 2.05) is 31.2 Å². The summed E-state index contributed by atoms with van der Waals surface area (Å²) in [5.74, 6) is 0.0912. The number of hydrogen-bond acceptors (Lipinski definition) is 4. The number of carboxylic acid groups (broad SMARTS) is 1. The van der Waals surface area contributed by atoms with Gasteiger partial charge in [-0.2, -0.15) is 0 Å². The van der Waals surface area contributed by atoms with Gasteiger partial charge in [0.2, 0.25) is 0 Å². The van der Waals surface area contributed by atoms with Gasteiger partial charge in [0.05, 0.1) is 6.54 Å². The second-order valence-electron chi connectivity index (χ2n) is 5.83. The van der Waals surface area contributed by atoms with E-state index in [-0.39, 0.29) is 6.54 Å². The van der Waals surface area contributed by atoms with Crippen LogP contribution in [0.2, 0.25) is 5.02 Å². The molecule has 1 N–H and O–H groups in total. The van der Waals surface area contributed by atoms with Crippen LogP contribution in [0.4, 0.5) is 0 Å². The van der Waals surface area contributed by atoms with Crippen molar-refractivity contribution in [3.63, 3.8) is 0 Å². The van der Waals surface area contributed by atoms with Crippen molar-refractivity contribution in [2.75, 3.05) is 39.3 Å². The Hall–Kier alpha value is -1.30. The molecule has 0 amide bonds. The van der Waals surface area contributed by atoms with Gasteiger partial charge in [-0.15, -0.1) is 0 Å². The van der Waals surface area contributed by atoms with Crippen LogP contribution in [0, 0.1) is 0 Å². The highest BCUT2D eigenvalue weighted by Crippen LogP contribution is 2.17. The normalized spacial score (nSPS) is 16.7. The predicted molar refractivity (Wildman–Crippen MR) is 91.3 cm³/mol. The van der Waals surface area contributed by atoms with E-state index in [2.05, 4.69) is 9.80 Å². The minimum Gasteiger partial charge on any atom is -0.492 e. The van der Waals surface area contributed by atoms with Gasteiger partial charge in [0.25, 0.3) is 0 Å². The van der Waals surface area contributed by atoms with Crippen LogP contribution in [0.3, 0.4) is 0 Å². The standard InChI is InChI=1S/C17H25ClN2O3/c1-2-20(13-17(21)22)15-7-9-19(10-8-15)11-12-23-16-5-3-14(18)4-6-16/h3-6,15H,2,7-13H2,1H3,(H,21,22). The van der Waals surface area contributed by atoms with Gasteiger partial charge < -0.3 is 9.84 Å². The minimum absolute atomic E-state index is 0.140. The molecular formula is C17H25ClN2O3. The molecule has 0 saturated carbocycles. The molecule has 0 bridgehead atoms. The quantitative estimate of drug-likeness (QED) is 0.788. The van der Waals surface area contributed by atoms with Crippen molar-refractivity contribution in [3.8, 4) is 5.75 Å². The summed E-state index contributed by atoms with van der Waals surface area (Å²) in [7, 11) is 0. The van der Waals surface area contributed by atoms with Gasteiger partial charge in [-0.3, -0.25) is 14.6 Å². The van der Waals surface area contributed by atoms with E-state index in [1.54, 1.807) is 0 Å². The highest BCUT2D eigenvalue weighted by molar-refractivity contribution is 6.30. The Morgan fingerprint density at radius 1 is 1.35 bits per heavy atom. The molecule has 0 unspecified atom stereocenters. The van der Waals surface area contributed by atoms with Crippen molar-refractivity contribution in [1.82, 2.24) is 9.80 Å². The van der Waals surface area contributed by atoms with Crippen molar-refractivity contribution in [3.05, 3.63) is 29.3 Å². The maximum absolute atomic E-state index is 10.9. The molecule has 1 saturated heterocycles. The minimum atomic E-state index is -0.745. The van der Waals surface area contributed by atoms with E-state index in [9.17, 15) is 4.79 Å². The molecule has 0 radical (unpaired) electrons. The van der Waals surface area contributed by atoms with Gasteiger partial charge >= 0.3 is 5.97 Å². The molecule has 23 heavy (non-hydrogen) atoms. The molecule has 0 aromatic heterocycles. The Morgan fingerprint density at radius 3 is 2.57 bits per heavy atom. The van der Waals surface area contributed by atoms with E-state index < -0.39 is 5.97 Å². The van der Waals surface area contributed by atoms with Gasteiger partial charge in [0.15, 0.2) is 0 Å². The van der Waals surface area contributed by atoms with Crippen LogP contribution in [0.5, 0.6) is 5.75 Å². The average molecular weight is 341 g/mol. The van der Waals surface area contributed by atoms with Crippen LogP contribution in [0.15, 0.2) is 24.3 Å². The van der Waals surface area contributed by atoms with Gasteiger partial charge in [0.1, 0.15) is 12.4 Å². The molecule has 1 aromatic rings. The molecule has 0 spiro atoms. The van der Waals surface area contributed by atoms with Crippen LogP contribution in [0.1, 0.15) is 19.8 Å². The summed E-state index contributed by atoms with van der Waals surface area (Å²) >= 11 is 5.85. The molecule has 1 fully saturated rings. The first-order chi connectivity index (χ1) is 11.1. The second-order valence-corrected chi connectivity index (χ2v) is 6.27. The van der Waals surface area contributed by atoms with Gasteiger partial charge in [-0.1, -0.05) is 18.5 Å². The Morgan fingerprint density at radius 2 is 2.00 bits per heavy atom. The monoisotopic (exact) mass is 340 g/mol. The molecule has 0 atom stereocenters. The number of benzene rings is 1. The Balaban J connectivity index is 1.68. The number of carboxylic acids is 1. The van der Waals surface area contributed by atoms with Gasteiger partial charge in [-0.25, -0.2) is 0 Å². The lowest BCUT2D eigenvalue weighted by Crippen LogP contribution is -2.47. The van der Waals surface area contributed by atoms with Crippen molar-refractivity contribution in [2.45, 2.75) is 25.8 Å². The number of hydrogen-bond donors (Lipinski definition) is 1. The molecular weight excluding hydrogens is 316 g/mol. The fraction of sp³-hybridized carbons (Fsp3) is 0.588. The fourth-order valence-electron chi connectivity index (χ4n) is 3.00. The number of likely N-dealkylation sites (N-methyl/N-ethyl adjacent to an activating group) is 1. The SMILES string of the molecule is CCN(CC(=O)O)C1CCN(CCOc2ccc(Cl)cc2)CC1. The number of ether oxygens (including phenoxy) is 1. The van der Waals surface area contributed by atoms with E-state index >= 15 is 0 Å². The maximum Gasteiger partial charge on any atom is 0.317 e. The molecule has 1 aliphatic rings. The third-order valence-electron chi connectivity index (χ3n) is 4.31. The summed E-state index contributed by atoms with van der Waals surface area (Å²) < 4.78 is 5.72. The fourth-order valence-corrected chi connectivity index (χ4v) is 3.13. The highest BCUT2D eigenvalue weighted by atomic mass is 35.5. The van der Waals surface area contributed by atoms with E-state index in [0.717, 1.165) is 44.8 Å². The number of nitrogens with zero attached hydrogens (tertiary/aromatic N) is 2. The zero-order valence-electron chi connectivity index (χ0n) is 13.6. The summed E-state index contributed by atoms with van der Waals surface area (Å²) in [5, 5.41) is 9.67. The molecule has 1 heterocycles. The number of piperidine rings is 1. The number of carbonyl (C=O) groups is 1. The second kappa shape index (κ2) is 9.11. The first kappa shape index (κ1) is 18.0. The zero-order chi connectivity index (χ0) is 16.7. The average Bonchev–Trinajstić information content (AvgIpc) is 2.55. The molecule has 0 aliphatic carbocycles. The summed E-state index contributed by atoms with van der Waals surface area (Å²) in [4.78, 5) is 15.3. The molecule has 1 aliphatic heterocycles. The molecule has 1 aromatic carbocycles. The Bertz CT molecular complexity index is 487. The van der Waals surface area contributed by atoms with Crippen LogP contribution in [0.25, 0.3) is 0 Å². The van der Waals surface area contributed by atoms with Gasteiger partial charge in [0, 0.05) is 17.6 Å². The molecule has 6 heteroatoms. The van der Waals surface area contributed by atoms with E-state index in [4.69, 9.17) is 21.4 Å². The van der Waals surface area contributed by atoms with E-state index in [0.29, 0.717) is 17.7 Å². The number of aliphatic carboxylic acids is 1. The van der Waals surface area contributed by atoms with Crippen LogP contribution < -0.4 is 4.74 Å². The Kier molecular flexibility index (Phi) is 7.15. The third kappa shape index (κ3) is 6.01. The molecule has 5 nitrogen and oxygen atoms in total. The van der Waals surface area contributed by atoms with Crippen molar-refractivity contribution >= 4 is 17.6 Å². The summed E-state index contributed by atoms with van der Waals surface area (Å²) in [6.45, 7) is 6.47. The topological polar surface area (TPSA) is 53.0 Å². The van der Waals surface area contributed by atoms with Crippen LogP contribution in [-0.4, -0.2) is 66.2 Å². The lowest BCUT2D eigenvalue weighted by atomic mass is 10.0. The lowest BCUT2D eigenvalue weighted by Gasteiger charge is -2.37. The Labute approximate surface area is 142 Å². The van der Waals surface area contributed by atoms with E-state index in [1.165, 1.54) is 0 Å². The van der Waals surface area contributed by atoms with Crippen molar-refractivity contribution < 1.29 is 14.6 Å². The zero-order valence-corrected chi connectivity index (χ0v) is 14.3. The predicted octanol–water partition coefficient (Wildman–Crippen LogP) is 2.59. The van der Waals surface area contributed by atoms with Crippen LogP contribution in [-0.2, 0) is 4.79 Å². The highest BCUT2D eigenvalue weighted by Gasteiger charge is 2.24. The summed E-state index contributed by atoms with van der Waals surface area (Å²) in [5.41, 5.74) is 0. The number of halogens is 1. The first-order valence-corrected chi connectivity index (χ1v) is 8.53. The first-order valence-electron chi connectivity index (χ1n) is 8.15.